The summed E-state index contributed by atoms with van der Waals surface area (Å²) in [5.74, 6) is 0.537. The van der Waals surface area contributed by atoms with Gasteiger partial charge in [-0.1, -0.05) is 17.7 Å². The number of rotatable bonds is 6. The van der Waals surface area contributed by atoms with Gasteiger partial charge in [-0.05, 0) is 24.3 Å². The topological polar surface area (TPSA) is 105 Å². The SMILES string of the molecule is N#Cc1cc(NS(=O)(=O)c2ccc(CF)cn2)ccc1Oc1cncc(Cl)c1. The number of nitrogens with zero attached hydrogens (tertiary/aromatic N) is 3. The third kappa shape index (κ3) is 4.54. The number of sulfonamides is 1. The van der Waals surface area contributed by atoms with Gasteiger partial charge >= 0.3 is 0 Å². The molecule has 0 saturated carbocycles. The van der Waals surface area contributed by atoms with Gasteiger partial charge in [-0.3, -0.25) is 9.71 Å². The largest absolute Gasteiger partial charge is 0.454 e. The van der Waals surface area contributed by atoms with Crippen molar-refractivity contribution in [2.24, 2.45) is 0 Å². The third-order valence-corrected chi connectivity index (χ3v) is 4.99. The summed E-state index contributed by atoms with van der Waals surface area (Å²) in [7, 11) is -4.00. The Morgan fingerprint density at radius 1 is 1.18 bits per heavy atom. The Morgan fingerprint density at radius 3 is 2.64 bits per heavy atom. The average Bonchev–Trinajstić information content (AvgIpc) is 2.69. The molecule has 3 aromatic rings. The third-order valence-electron chi connectivity index (χ3n) is 3.49. The monoisotopic (exact) mass is 418 g/mol. The summed E-state index contributed by atoms with van der Waals surface area (Å²) in [5.41, 5.74) is 0.508. The molecule has 1 N–H and O–H groups in total. The first-order chi connectivity index (χ1) is 13.4. The summed E-state index contributed by atoms with van der Waals surface area (Å²) in [4.78, 5) is 7.63. The standard InChI is InChI=1S/C18H12ClFN4O3S/c19-14-6-16(11-22-10-14)27-17-3-2-15(5-13(17)8-21)24-28(25,26)18-4-1-12(7-20)9-23-18/h1-6,9-11,24H,7H2. The van der Waals surface area contributed by atoms with Crippen LogP contribution in [0.1, 0.15) is 11.1 Å². The van der Waals surface area contributed by atoms with Crippen molar-refractivity contribution in [2.75, 3.05) is 4.72 Å². The molecule has 10 heteroatoms. The molecule has 7 nitrogen and oxygen atoms in total. The molecular formula is C18H12ClFN4O3S. The van der Waals surface area contributed by atoms with Crippen LogP contribution >= 0.6 is 11.6 Å². The zero-order valence-corrected chi connectivity index (χ0v) is 15.7. The van der Waals surface area contributed by atoms with Crippen LogP contribution in [0.15, 0.2) is 60.0 Å². The molecule has 28 heavy (non-hydrogen) atoms. The minimum absolute atomic E-state index is 0.0981. The zero-order chi connectivity index (χ0) is 20.1. The lowest BCUT2D eigenvalue weighted by atomic mass is 10.2. The van der Waals surface area contributed by atoms with Crippen LogP contribution in [0.3, 0.4) is 0 Å². The van der Waals surface area contributed by atoms with E-state index in [0.717, 1.165) is 6.20 Å². The fourth-order valence-corrected chi connectivity index (χ4v) is 3.35. The van der Waals surface area contributed by atoms with Gasteiger partial charge in [0.15, 0.2) is 5.03 Å². The zero-order valence-electron chi connectivity index (χ0n) is 14.1. The van der Waals surface area contributed by atoms with Crippen LogP contribution in [-0.4, -0.2) is 18.4 Å². The maximum Gasteiger partial charge on any atom is 0.279 e. The van der Waals surface area contributed by atoms with Crippen LogP contribution in [0, 0.1) is 11.3 Å². The van der Waals surface area contributed by atoms with Crippen LogP contribution in [-0.2, 0) is 16.7 Å². The van der Waals surface area contributed by atoms with Crippen molar-refractivity contribution < 1.29 is 17.5 Å². The second-order valence-corrected chi connectivity index (χ2v) is 7.57. The molecule has 3 rings (SSSR count). The highest BCUT2D eigenvalue weighted by Crippen LogP contribution is 2.29. The summed E-state index contributed by atoms with van der Waals surface area (Å²) < 4.78 is 45.3. The maximum absolute atomic E-state index is 12.5. The molecule has 0 radical (unpaired) electrons. The van der Waals surface area contributed by atoms with Gasteiger partial charge in [-0.2, -0.15) is 13.7 Å². The van der Waals surface area contributed by atoms with Gasteiger partial charge in [-0.15, -0.1) is 0 Å². The minimum Gasteiger partial charge on any atom is -0.454 e. The predicted octanol–water partition coefficient (Wildman–Crippen LogP) is 4.06. The van der Waals surface area contributed by atoms with E-state index in [1.165, 1.54) is 48.8 Å². The molecule has 0 unspecified atom stereocenters. The van der Waals surface area contributed by atoms with E-state index in [1.54, 1.807) is 0 Å². The van der Waals surface area contributed by atoms with Crippen molar-refractivity contribution in [3.63, 3.8) is 0 Å². The van der Waals surface area contributed by atoms with Crippen LogP contribution in [0.25, 0.3) is 0 Å². The molecule has 0 spiro atoms. The molecular weight excluding hydrogens is 407 g/mol. The van der Waals surface area contributed by atoms with E-state index in [9.17, 15) is 18.1 Å². The van der Waals surface area contributed by atoms with Crippen molar-refractivity contribution in [2.45, 2.75) is 11.7 Å². The second-order valence-electron chi connectivity index (χ2n) is 5.51. The van der Waals surface area contributed by atoms with E-state index >= 15 is 0 Å². The van der Waals surface area contributed by atoms with Gasteiger partial charge in [0.25, 0.3) is 10.0 Å². The molecule has 2 heterocycles. The smallest absolute Gasteiger partial charge is 0.279 e. The molecule has 0 aliphatic heterocycles. The van der Waals surface area contributed by atoms with Crippen LogP contribution in [0.2, 0.25) is 5.02 Å². The number of alkyl halides is 1. The summed E-state index contributed by atoms with van der Waals surface area (Å²) in [6, 6.07) is 10.2. The van der Waals surface area contributed by atoms with Crippen LogP contribution in [0.5, 0.6) is 11.5 Å². The summed E-state index contributed by atoms with van der Waals surface area (Å²) >= 11 is 5.85. The van der Waals surface area contributed by atoms with Gasteiger partial charge in [0.2, 0.25) is 0 Å². The van der Waals surface area contributed by atoms with Crippen LogP contribution < -0.4 is 9.46 Å². The first kappa shape index (κ1) is 19.5. The predicted molar refractivity (Wildman–Crippen MR) is 100 cm³/mol. The Morgan fingerprint density at radius 2 is 2.00 bits per heavy atom. The van der Waals surface area contributed by atoms with Crippen LogP contribution in [0.4, 0.5) is 10.1 Å². The number of ether oxygens (including phenoxy) is 1. The fraction of sp³-hybridized carbons (Fsp3) is 0.0556. The Balaban J connectivity index is 1.84. The maximum atomic E-state index is 12.5. The molecule has 0 amide bonds. The lowest BCUT2D eigenvalue weighted by Crippen LogP contribution is -2.14. The molecule has 0 aliphatic carbocycles. The van der Waals surface area contributed by atoms with Gasteiger partial charge in [0, 0.05) is 24.0 Å². The first-order valence-corrected chi connectivity index (χ1v) is 9.63. The number of nitriles is 1. The molecule has 0 saturated heterocycles. The number of pyridine rings is 2. The van der Waals surface area contributed by atoms with E-state index in [-0.39, 0.29) is 27.6 Å². The van der Waals surface area contributed by atoms with Crippen molar-refractivity contribution in [1.29, 1.82) is 5.26 Å². The number of aromatic nitrogens is 2. The minimum atomic E-state index is -4.00. The van der Waals surface area contributed by atoms with Gasteiger partial charge in [0.1, 0.15) is 24.2 Å². The van der Waals surface area contributed by atoms with Crippen molar-refractivity contribution in [3.8, 4) is 17.6 Å². The van der Waals surface area contributed by atoms with E-state index in [4.69, 9.17) is 16.3 Å². The van der Waals surface area contributed by atoms with E-state index in [1.807, 2.05) is 6.07 Å². The summed E-state index contributed by atoms with van der Waals surface area (Å²) in [6.07, 6.45) is 4.01. The van der Waals surface area contributed by atoms with Gasteiger partial charge in [0.05, 0.1) is 22.5 Å². The second kappa shape index (κ2) is 8.21. The van der Waals surface area contributed by atoms with E-state index in [2.05, 4.69) is 14.7 Å². The molecule has 0 aliphatic rings. The highest BCUT2D eigenvalue weighted by Gasteiger charge is 2.17. The number of hydrogen-bond acceptors (Lipinski definition) is 6. The van der Waals surface area contributed by atoms with Crippen molar-refractivity contribution in [3.05, 3.63) is 71.1 Å². The molecule has 142 valence electrons. The van der Waals surface area contributed by atoms with Crippen molar-refractivity contribution >= 4 is 27.3 Å². The fourth-order valence-electron chi connectivity index (χ4n) is 2.20. The number of benzene rings is 1. The first-order valence-electron chi connectivity index (χ1n) is 7.77. The Bertz CT molecular complexity index is 1150. The molecule has 2 aromatic heterocycles. The van der Waals surface area contributed by atoms with E-state index < -0.39 is 16.7 Å². The van der Waals surface area contributed by atoms with Gasteiger partial charge < -0.3 is 4.74 Å². The highest BCUT2D eigenvalue weighted by molar-refractivity contribution is 7.92. The normalized spacial score (nSPS) is 10.9. The Hall–Kier alpha value is -3.22. The van der Waals surface area contributed by atoms with E-state index in [0.29, 0.717) is 10.8 Å². The lowest BCUT2D eigenvalue weighted by molar-refractivity contribution is 0.479. The van der Waals surface area contributed by atoms with Gasteiger partial charge in [-0.25, -0.2) is 9.37 Å². The highest BCUT2D eigenvalue weighted by atomic mass is 35.5. The molecule has 0 bridgehead atoms. The average molecular weight is 419 g/mol. The number of halogens is 2. The quantitative estimate of drug-likeness (QED) is 0.647. The molecule has 0 atom stereocenters. The number of nitrogens with one attached hydrogen (secondary N) is 1. The molecule has 0 fully saturated rings. The Labute approximate surface area is 165 Å². The summed E-state index contributed by atoms with van der Waals surface area (Å²) in [6.45, 7) is -0.740. The van der Waals surface area contributed by atoms with Crippen molar-refractivity contribution in [1.82, 2.24) is 9.97 Å². The number of hydrogen-bond donors (Lipinski definition) is 1. The number of anilines is 1. The molecule has 1 aromatic carbocycles. The Kier molecular flexibility index (Phi) is 5.73. The summed E-state index contributed by atoms with van der Waals surface area (Å²) in [5, 5.41) is 9.45. The lowest BCUT2D eigenvalue weighted by Gasteiger charge is -2.11.